The van der Waals surface area contributed by atoms with Crippen molar-refractivity contribution in [3.05, 3.63) is 23.9 Å². The lowest BCUT2D eigenvalue weighted by atomic mass is 10.2. The fourth-order valence-corrected chi connectivity index (χ4v) is 2.16. The number of nitrogens with zero attached hydrogens (tertiary/aromatic N) is 1. The van der Waals surface area contributed by atoms with E-state index >= 15 is 0 Å². The van der Waals surface area contributed by atoms with Gasteiger partial charge in [-0.25, -0.2) is 4.98 Å². The molecule has 2 atom stereocenters. The van der Waals surface area contributed by atoms with Gasteiger partial charge in [-0.1, -0.05) is 0 Å². The maximum atomic E-state index is 11.9. The number of pyridine rings is 1. The van der Waals surface area contributed by atoms with Gasteiger partial charge in [-0.3, -0.25) is 4.79 Å². The fourth-order valence-electron chi connectivity index (χ4n) is 2.16. The first-order valence-corrected chi connectivity index (χ1v) is 5.76. The molecule has 1 fully saturated rings. The van der Waals surface area contributed by atoms with Crippen molar-refractivity contribution >= 4 is 11.7 Å². The Kier molecular flexibility index (Phi) is 3.58. The molecule has 1 amide bonds. The minimum absolute atomic E-state index is 0.102. The van der Waals surface area contributed by atoms with E-state index in [9.17, 15) is 4.79 Å². The fraction of sp³-hybridized carbons (Fsp3) is 0.500. The van der Waals surface area contributed by atoms with E-state index in [1.807, 2.05) is 0 Å². The highest BCUT2D eigenvalue weighted by Crippen LogP contribution is 2.21. The summed E-state index contributed by atoms with van der Waals surface area (Å²) >= 11 is 0. The Bertz CT molecular complexity index is 391. The molecule has 1 saturated carbocycles. The predicted molar refractivity (Wildman–Crippen MR) is 64.6 cm³/mol. The summed E-state index contributed by atoms with van der Waals surface area (Å²) in [6.45, 7) is 0. The van der Waals surface area contributed by atoms with E-state index in [-0.39, 0.29) is 18.1 Å². The molecule has 3 N–H and O–H groups in total. The van der Waals surface area contributed by atoms with Gasteiger partial charge in [0.05, 0.1) is 17.7 Å². The van der Waals surface area contributed by atoms with Crippen LogP contribution >= 0.6 is 0 Å². The SMILES string of the molecule is COC1CCCC1NC(=O)c1ccc(N)nc1. The van der Waals surface area contributed by atoms with E-state index in [4.69, 9.17) is 10.5 Å². The Hall–Kier alpha value is -1.62. The van der Waals surface area contributed by atoms with Gasteiger partial charge in [0.1, 0.15) is 5.82 Å². The van der Waals surface area contributed by atoms with Gasteiger partial charge >= 0.3 is 0 Å². The monoisotopic (exact) mass is 235 g/mol. The Labute approximate surface area is 100 Å². The molecule has 0 aliphatic heterocycles. The smallest absolute Gasteiger partial charge is 0.253 e. The maximum absolute atomic E-state index is 11.9. The topological polar surface area (TPSA) is 77.2 Å². The molecule has 0 saturated heterocycles. The highest BCUT2D eigenvalue weighted by molar-refractivity contribution is 5.94. The number of nitrogen functional groups attached to an aromatic ring is 1. The molecule has 1 heterocycles. The second-order valence-electron chi connectivity index (χ2n) is 4.26. The van der Waals surface area contributed by atoms with Crippen molar-refractivity contribution in [1.82, 2.24) is 10.3 Å². The van der Waals surface area contributed by atoms with Crippen LogP contribution in [0.3, 0.4) is 0 Å². The molecule has 1 aromatic heterocycles. The van der Waals surface area contributed by atoms with Crippen LogP contribution in [0.5, 0.6) is 0 Å². The Morgan fingerprint density at radius 2 is 2.35 bits per heavy atom. The maximum Gasteiger partial charge on any atom is 0.253 e. The van der Waals surface area contributed by atoms with E-state index in [0.29, 0.717) is 11.4 Å². The first-order chi connectivity index (χ1) is 8.20. The lowest BCUT2D eigenvalue weighted by Crippen LogP contribution is -2.40. The minimum Gasteiger partial charge on any atom is -0.384 e. The van der Waals surface area contributed by atoms with Crippen molar-refractivity contribution in [3.63, 3.8) is 0 Å². The molecule has 5 nitrogen and oxygen atoms in total. The molecule has 2 unspecified atom stereocenters. The third kappa shape index (κ3) is 2.74. The molecule has 1 aliphatic carbocycles. The van der Waals surface area contributed by atoms with Crippen LogP contribution in [-0.2, 0) is 4.74 Å². The van der Waals surface area contributed by atoms with Crippen LogP contribution in [0, 0.1) is 0 Å². The van der Waals surface area contributed by atoms with Crippen molar-refractivity contribution in [2.45, 2.75) is 31.4 Å². The Morgan fingerprint density at radius 3 is 3.00 bits per heavy atom. The quantitative estimate of drug-likeness (QED) is 0.818. The lowest BCUT2D eigenvalue weighted by Gasteiger charge is -2.19. The van der Waals surface area contributed by atoms with Gasteiger partial charge < -0.3 is 15.8 Å². The number of amides is 1. The molecule has 17 heavy (non-hydrogen) atoms. The number of carbonyl (C=O) groups excluding carboxylic acids is 1. The molecular weight excluding hydrogens is 218 g/mol. The van der Waals surface area contributed by atoms with Crippen LogP contribution in [0.2, 0.25) is 0 Å². The Morgan fingerprint density at radius 1 is 1.53 bits per heavy atom. The van der Waals surface area contributed by atoms with Gasteiger partial charge in [0, 0.05) is 13.3 Å². The lowest BCUT2D eigenvalue weighted by molar-refractivity contribution is 0.0722. The summed E-state index contributed by atoms with van der Waals surface area (Å²) in [6.07, 6.45) is 4.67. The molecule has 1 aliphatic rings. The standard InChI is InChI=1S/C12H17N3O2/c1-17-10-4-2-3-9(10)15-12(16)8-5-6-11(13)14-7-8/h5-7,9-10H,2-4H2,1H3,(H2,13,14)(H,15,16). The zero-order valence-corrected chi connectivity index (χ0v) is 9.85. The highest BCUT2D eigenvalue weighted by Gasteiger charge is 2.28. The van der Waals surface area contributed by atoms with Gasteiger partial charge in [-0.2, -0.15) is 0 Å². The van der Waals surface area contributed by atoms with Crippen LogP contribution in [0.25, 0.3) is 0 Å². The predicted octanol–water partition coefficient (Wildman–Crippen LogP) is 0.961. The zero-order chi connectivity index (χ0) is 12.3. The first-order valence-electron chi connectivity index (χ1n) is 5.76. The summed E-state index contributed by atoms with van der Waals surface area (Å²) < 4.78 is 5.33. The molecule has 92 valence electrons. The summed E-state index contributed by atoms with van der Waals surface area (Å²) in [6, 6.07) is 3.40. The average molecular weight is 235 g/mol. The van der Waals surface area contributed by atoms with Gasteiger partial charge in [0.2, 0.25) is 0 Å². The van der Waals surface area contributed by atoms with Crippen LogP contribution < -0.4 is 11.1 Å². The molecule has 0 aromatic carbocycles. The number of hydrogen-bond acceptors (Lipinski definition) is 4. The second kappa shape index (κ2) is 5.14. The average Bonchev–Trinajstić information content (AvgIpc) is 2.77. The van der Waals surface area contributed by atoms with Crippen LogP contribution in [0.1, 0.15) is 29.6 Å². The van der Waals surface area contributed by atoms with Crippen molar-refractivity contribution in [1.29, 1.82) is 0 Å². The summed E-state index contributed by atoms with van der Waals surface area (Å²) in [5.41, 5.74) is 6.00. The summed E-state index contributed by atoms with van der Waals surface area (Å²) in [4.78, 5) is 15.8. The molecule has 0 bridgehead atoms. The van der Waals surface area contributed by atoms with Crippen molar-refractivity contribution in [3.8, 4) is 0 Å². The number of anilines is 1. The molecule has 1 aromatic rings. The van der Waals surface area contributed by atoms with Gasteiger partial charge in [-0.15, -0.1) is 0 Å². The third-order valence-electron chi connectivity index (χ3n) is 3.12. The van der Waals surface area contributed by atoms with Crippen molar-refractivity contribution in [2.75, 3.05) is 12.8 Å². The molecule has 5 heteroatoms. The number of carbonyl (C=O) groups is 1. The van der Waals surface area contributed by atoms with Gasteiger partial charge in [0.15, 0.2) is 0 Å². The van der Waals surface area contributed by atoms with Crippen LogP contribution in [0.4, 0.5) is 5.82 Å². The number of aromatic nitrogens is 1. The largest absolute Gasteiger partial charge is 0.384 e. The molecule has 0 radical (unpaired) electrons. The van der Waals surface area contributed by atoms with E-state index in [1.165, 1.54) is 6.20 Å². The summed E-state index contributed by atoms with van der Waals surface area (Å²) in [5, 5.41) is 2.97. The number of methoxy groups -OCH3 is 1. The number of nitrogens with one attached hydrogen (secondary N) is 1. The van der Waals surface area contributed by atoms with Crippen molar-refractivity contribution in [2.24, 2.45) is 0 Å². The van der Waals surface area contributed by atoms with E-state index in [1.54, 1.807) is 19.2 Å². The Balaban J connectivity index is 1.99. The number of ether oxygens (including phenoxy) is 1. The number of rotatable bonds is 3. The zero-order valence-electron chi connectivity index (χ0n) is 9.85. The minimum atomic E-state index is -0.119. The first kappa shape index (κ1) is 11.9. The van der Waals surface area contributed by atoms with Crippen LogP contribution in [0.15, 0.2) is 18.3 Å². The van der Waals surface area contributed by atoms with Crippen LogP contribution in [-0.4, -0.2) is 30.1 Å². The van der Waals surface area contributed by atoms with E-state index < -0.39 is 0 Å². The number of hydrogen-bond donors (Lipinski definition) is 2. The van der Waals surface area contributed by atoms with E-state index in [2.05, 4.69) is 10.3 Å². The normalized spacial score (nSPS) is 23.6. The number of nitrogens with two attached hydrogens (primary N) is 1. The molecule has 0 spiro atoms. The van der Waals surface area contributed by atoms with Gasteiger partial charge in [-0.05, 0) is 31.4 Å². The van der Waals surface area contributed by atoms with Crippen molar-refractivity contribution < 1.29 is 9.53 Å². The third-order valence-corrected chi connectivity index (χ3v) is 3.12. The van der Waals surface area contributed by atoms with Gasteiger partial charge in [0.25, 0.3) is 5.91 Å². The second-order valence-corrected chi connectivity index (χ2v) is 4.26. The molecule has 2 rings (SSSR count). The summed E-state index contributed by atoms with van der Waals surface area (Å²) in [7, 11) is 1.68. The highest BCUT2D eigenvalue weighted by atomic mass is 16.5. The summed E-state index contributed by atoms with van der Waals surface area (Å²) in [5.74, 6) is 0.295. The molecular formula is C12H17N3O2. The van der Waals surface area contributed by atoms with E-state index in [0.717, 1.165) is 19.3 Å².